The van der Waals surface area contributed by atoms with Crippen LogP contribution < -0.4 is 24.7 Å². The third-order valence-corrected chi connectivity index (χ3v) is 5.12. The molecule has 7 nitrogen and oxygen atoms in total. The van der Waals surface area contributed by atoms with E-state index in [2.05, 4.69) is 6.07 Å². The predicted octanol–water partition coefficient (Wildman–Crippen LogP) is 4.43. The van der Waals surface area contributed by atoms with Crippen LogP contribution in [0.2, 0.25) is 0 Å². The maximum Gasteiger partial charge on any atom is 0.349 e. The molecule has 4 rings (SSSR count). The van der Waals surface area contributed by atoms with E-state index in [9.17, 15) is 14.4 Å². The SMILES string of the molecule is CCOc1ccccc1C1C(C#N)=C(N)Oc2cc(OC(=O)COc3ccc(F)cc3)ccc21. The number of hydrogen-bond donors (Lipinski definition) is 1. The normalized spacial score (nSPS) is 14.4. The first-order chi connectivity index (χ1) is 16.5. The molecular weight excluding hydrogens is 439 g/mol. The molecule has 2 N–H and O–H groups in total. The minimum atomic E-state index is -0.653. The Bertz CT molecular complexity index is 1280. The zero-order chi connectivity index (χ0) is 24.1. The smallest absolute Gasteiger partial charge is 0.349 e. The Balaban J connectivity index is 1.57. The summed E-state index contributed by atoms with van der Waals surface area (Å²) < 4.78 is 35.1. The Kier molecular flexibility index (Phi) is 6.64. The number of nitrogens with zero attached hydrogens (tertiary/aromatic N) is 1. The highest BCUT2D eigenvalue weighted by Crippen LogP contribution is 2.45. The van der Waals surface area contributed by atoms with Crippen molar-refractivity contribution < 1.29 is 28.1 Å². The Labute approximate surface area is 195 Å². The van der Waals surface area contributed by atoms with Crippen molar-refractivity contribution in [2.75, 3.05) is 13.2 Å². The number of ether oxygens (including phenoxy) is 4. The quantitative estimate of drug-likeness (QED) is 0.411. The first-order valence-corrected chi connectivity index (χ1v) is 10.5. The molecule has 0 amide bonds. The lowest BCUT2D eigenvalue weighted by Gasteiger charge is -2.27. The Morgan fingerprint density at radius 2 is 1.79 bits per heavy atom. The summed E-state index contributed by atoms with van der Waals surface area (Å²) in [5.41, 5.74) is 7.78. The summed E-state index contributed by atoms with van der Waals surface area (Å²) in [7, 11) is 0. The van der Waals surface area contributed by atoms with Gasteiger partial charge < -0.3 is 24.7 Å². The summed E-state index contributed by atoms with van der Waals surface area (Å²) in [6.07, 6.45) is 0. The van der Waals surface area contributed by atoms with Crippen LogP contribution in [-0.4, -0.2) is 19.2 Å². The van der Waals surface area contributed by atoms with E-state index in [0.29, 0.717) is 29.4 Å². The van der Waals surface area contributed by atoms with Crippen LogP contribution in [0.4, 0.5) is 4.39 Å². The van der Waals surface area contributed by atoms with Crippen molar-refractivity contribution in [3.05, 3.63) is 95.1 Å². The molecule has 0 saturated heterocycles. The fraction of sp³-hybridized carbons (Fsp3) is 0.154. The average Bonchev–Trinajstić information content (AvgIpc) is 2.83. The molecule has 1 atom stereocenters. The summed E-state index contributed by atoms with van der Waals surface area (Å²) >= 11 is 0. The molecule has 172 valence electrons. The van der Waals surface area contributed by atoms with E-state index < -0.39 is 17.7 Å². The molecule has 1 unspecified atom stereocenters. The summed E-state index contributed by atoms with van der Waals surface area (Å²) in [4.78, 5) is 12.2. The monoisotopic (exact) mass is 460 g/mol. The van der Waals surface area contributed by atoms with Crippen molar-refractivity contribution in [2.45, 2.75) is 12.8 Å². The maximum absolute atomic E-state index is 13.0. The predicted molar refractivity (Wildman–Crippen MR) is 121 cm³/mol. The summed E-state index contributed by atoms with van der Waals surface area (Å²) in [5.74, 6) is -0.0492. The number of esters is 1. The highest BCUT2D eigenvalue weighted by atomic mass is 19.1. The molecule has 0 saturated carbocycles. The average molecular weight is 460 g/mol. The van der Waals surface area contributed by atoms with E-state index in [1.165, 1.54) is 30.3 Å². The number of allylic oxidation sites excluding steroid dienone is 1. The summed E-state index contributed by atoms with van der Waals surface area (Å²) in [5, 5.41) is 9.77. The second kappa shape index (κ2) is 9.96. The lowest BCUT2D eigenvalue weighted by Crippen LogP contribution is -2.22. The van der Waals surface area contributed by atoms with Gasteiger partial charge in [-0.15, -0.1) is 0 Å². The number of carbonyl (C=O) groups is 1. The molecule has 0 bridgehead atoms. The van der Waals surface area contributed by atoms with Gasteiger partial charge in [0, 0.05) is 17.2 Å². The lowest BCUT2D eigenvalue weighted by molar-refractivity contribution is -0.136. The van der Waals surface area contributed by atoms with Crippen LogP contribution >= 0.6 is 0 Å². The second-order valence-corrected chi connectivity index (χ2v) is 7.31. The van der Waals surface area contributed by atoms with Gasteiger partial charge in [0.1, 0.15) is 40.5 Å². The maximum atomic E-state index is 13.0. The molecule has 34 heavy (non-hydrogen) atoms. The zero-order valence-corrected chi connectivity index (χ0v) is 18.3. The van der Waals surface area contributed by atoms with Crippen LogP contribution in [0, 0.1) is 17.1 Å². The van der Waals surface area contributed by atoms with Crippen LogP contribution in [-0.2, 0) is 4.79 Å². The Hall–Kier alpha value is -4.51. The third kappa shape index (κ3) is 4.79. The summed E-state index contributed by atoms with van der Waals surface area (Å²) in [6, 6.07) is 19.7. The summed E-state index contributed by atoms with van der Waals surface area (Å²) in [6.45, 7) is 1.97. The van der Waals surface area contributed by atoms with Gasteiger partial charge in [-0.05, 0) is 43.3 Å². The van der Waals surface area contributed by atoms with E-state index in [1.54, 1.807) is 12.1 Å². The number of nitriles is 1. The van der Waals surface area contributed by atoms with Gasteiger partial charge >= 0.3 is 5.97 Å². The Morgan fingerprint density at radius 1 is 1.06 bits per heavy atom. The number of para-hydroxylation sites is 1. The van der Waals surface area contributed by atoms with Crippen LogP contribution in [0.25, 0.3) is 0 Å². The lowest BCUT2D eigenvalue weighted by atomic mass is 9.83. The molecule has 8 heteroatoms. The van der Waals surface area contributed by atoms with Gasteiger partial charge in [0.05, 0.1) is 12.5 Å². The van der Waals surface area contributed by atoms with Crippen LogP contribution in [0.5, 0.6) is 23.0 Å². The fourth-order valence-corrected chi connectivity index (χ4v) is 3.66. The van der Waals surface area contributed by atoms with Crippen molar-refractivity contribution in [1.29, 1.82) is 5.26 Å². The van der Waals surface area contributed by atoms with Crippen LogP contribution in [0.15, 0.2) is 78.2 Å². The minimum Gasteiger partial charge on any atom is -0.494 e. The number of rotatable bonds is 7. The number of hydrogen-bond acceptors (Lipinski definition) is 7. The van der Waals surface area contributed by atoms with E-state index in [0.717, 1.165) is 5.56 Å². The van der Waals surface area contributed by atoms with Crippen molar-refractivity contribution >= 4 is 5.97 Å². The highest BCUT2D eigenvalue weighted by molar-refractivity contribution is 5.74. The van der Waals surface area contributed by atoms with Gasteiger partial charge in [0.25, 0.3) is 0 Å². The van der Waals surface area contributed by atoms with Crippen molar-refractivity contribution in [3.8, 4) is 29.1 Å². The van der Waals surface area contributed by atoms with Gasteiger partial charge in [-0.2, -0.15) is 5.26 Å². The van der Waals surface area contributed by atoms with Crippen molar-refractivity contribution in [1.82, 2.24) is 0 Å². The second-order valence-electron chi connectivity index (χ2n) is 7.31. The number of benzene rings is 3. The third-order valence-electron chi connectivity index (χ3n) is 5.12. The Morgan fingerprint density at radius 3 is 2.53 bits per heavy atom. The van der Waals surface area contributed by atoms with Gasteiger partial charge in [-0.1, -0.05) is 24.3 Å². The number of halogens is 1. The molecule has 1 aliphatic rings. The molecule has 0 aromatic heterocycles. The first-order valence-electron chi connectivity index (χ1n) is 10.5. The molecule has 0 fully saturated rings. The van der Waals surface area contributed by atoms with E-state index >= 15 is 0 Å². The van der Waals surface area contributed by atoms with Crippen LogP contribution in [0.1, 0.15) is 24.0 Å². The molecule has 3 aromatic carbocycles. The molecule has 1 heterocycles. The molecule has 0 aliphatic carbocycles. The molecule has 1 aliphatic heterocycles. The van der Waals surface area contributed by atoms with Crippen molar-refractivity contribution in [2.24, 2.45) is 5.73 Å². The topological polar surface area (TPSA) is 104 Å². The zero-order valence-electron chi connectivity index (χ0n) is 18.3. The fourth-order valence-electron chi connectivity index (χ4n) is 3.66. The first kappa shape index (κ1) is 22.7. The van der Waals surface area contributed by atoms with E-state index in [4.69, 9.17) is 24.7 Å². The number of carbonyl (C=O) groups excluding carboxylic acids is 1. The van der Waals surface area contributed by atoms with Gasteiger partial charge in [-0.25, -0.2) is 9.18 Å². The standard InChI is InChI=1S/C26H21FN2O5/c1-2-31-22-6-4-3-5-19(22)25-20-12-11-18(13-23(20)34-26(29)21(25)14-28)33-24(30)15-32-17-9-7-16(27)8-10-17/h3-13,25H,2,15,29H2,1H3. The van der Waals surface area contributed by atoms with Gasteiger partial charge in [-0.3, -0.25) is 0 Å². The number of nitrogens with two attached hydrogens (primary N) is 1. The van der Waals surface area contributed by atoms with E-state index in [-0.39, 0.29) is 23.8 Å². The molecule has 0 radical (unpaired) electrons. The highest BCUT2D eigenvalue weighted by Gasteiger charge is 2.32. The molecular formula is C26H21FN2O5. The molecule has 3 aromatic rings. The molecule has 0 spiro atoms. The largest absolute Gasteiger partial charge is 0.494 e. The van der Waals surface area contributed by atoms with E-state index in [1.807, 2.05) is 31.2 Å². The minimum absolute atomic E-state index is 0.0329. The van der Waals surface area contributed by atoms with Gasteiger partial charge in [0.15, 0.2) is 6.61 Å². The van der Waals surface area contributed by atoms with Crippen LogP contribution in [0.3, 0.4) is 0 Å². The number of fused-ring (bicyclic) bond motifs is 1. The van der Waals surface area contributed by atoms with Gasteiger partial charge in [0.2, 0.25) is 5.88 Å². The van der Waals surface area contributed by atoms with Crippen molar-refractivity contribution in [3.63, 3.8) is 0 Å².